The van der Waals surface area contributed by atoms with E-state index in [1.807, 2.05) is 0 Å². The second kappa shape index (κ2) is 5.49. The van der Waals surface area contributed by atoms with Crippen molar-refractivity contribution in [3.8, 4) is 0 Å². The quantitative estimate of drug-likeness (QED) is 0.898. The molecular formula is C13H17FN2O3S. The van der Waals surface area contributed by atoms with Crippen LogP contribution in [0, 0.1) is 18.7 Å². The number of amides is 1. The van der Waals surface area contributed by atoms with Gasteiger partial charge < -0.3 is 4.90 Å². The standard InChI is InChI=1S/C13H17FN2O3S/c1-9-5-11(3-4-12(9)14)20(18,19)15-7-10-6-13(17)16(2)8-10/h3-5,10,15H,6-8H2,1-2H3. The SMILES string of the molecule is Cc1cc(S(=O)(=O)NCC2CC(=O)N(C)C2)ccc1F. The van der Waals surface area contributed by atoms with Crippen molar-refractivity contribution in [3.05, 3.63) is 29.6 Å². The molecule has 20 heavy (non-hydrogen) atoms. The van der Waals surface area contributed by atoms with E-state index in [0.717, 1.165) is 6.07 Å². The number of sulfonamides is 1. The fourth-order valence-electron chi connectivity index (χ4n) is 2.19. The average molecular weight is 300 g/mol. The third-order valence-corrected chi connectivity index (χ3v) is 4.84. The summed E-state index contributed by atoms with van der Waals surface area (Å²) >= 11 is 0. The van der Waals surface area contributed by atoms with Gasteiger partial charge in [-0.2, -0.15) is 0 Å². The maximum Gasteiger partial charge on any atom is 0.240 e. The molecular weight excluding hydrogens is 283 g/mol. The van der Waals surface area contributed by atoms with Crippen LogP contribution in [-0.2, 0) is 14.8 Å². The average Bonchev–Trinajstić information content (AvgIpc) is 2.70. The number of likely N-dealkylation sites (tertiary alicyclic amines) is 1. The molecule has 1 unspecified atom stereocenters. The highest BCUT2D eigenvalue weighted by atomic mass is 32.2. The lowest BCUT2D eigenvalue weighted by Crippen LogP contribution is -2.30. The van der Waals surface area contributed by atoms with Gasteiger partial charge in [-0.25, -0.2) is 17.5 Å². The maximum atomic E-state index is 13.1. The van der Waals surface area contributed by atoms with Crippen LogP contribution in [-0.4, -0.2) is 39.4 Å². The Morgan fingerprint density at radius 1 is 1.45 bits per heavy atom. The number of nitrogens with zero attached hydrogens (tertiary/aromatic N) is 1. The molecule has 0 aliphatic carbocycles. The minimum Gasteiger partial charge on any atom is -0.345 e. The van der Waals surface area contributed by atoms with E-state index >= 15 is 0 Å². The lowest BCUT2D eigenvalue weighted by atomic mass is 10.1. The molecule has 1 aromatic carbocycles. The van der Waals surface area contributed by atoms with Gasteiger partial charge in [-0.3, -0.25) is 4.79 Å². The smallest absolute Gasteiger partial charge is 0.240 e. The van der Waals surface area contributed by atoms with Gasteiger partial charge in [0, 0.05) is 26.6 Å². The highest BCUT2D eigenvalue weighted by Crippen LogP contribution is 2.17. The molecule has 1 aromatic rings. The largest absolute Gasteiger partial charge is 0.345 e. The van der Waals surface area contributed by atoms with Crippen molar-refractivity contribution in [3.63, 3.8) is 0 Å². The van der Waals surface area contributed by atoms with Gasteiger partial charge in [-0.1, -0.05) is 0 Å². The first-order chi connectivity index (χ1) is 9.29. The number of benzene rings is 1. The highest BCUT2D eigenvalue weighted by molar-refractivity contribution is 7.89. The van der Waals surface area contributed by atoms with Crippen molar-refractivity contribution in [1.29, 1.82) is 0 Å². The van der Waals surface area contributed by atoms with Crippen LogP contribution < -0.4 is 4.72 Å². The zero-order valence-electron chi connectivity index (χ0n) is 11.4. The fourth-order valence-corrected chi connectivity index (χ4v) is 3.39. The zero-order valence-corrected chi connectivity index (χ0v) is 12.2. The van der Waals surface area contributed by atoms with E-state index in [1.54, 1.807) is 11.9 Å². The van der Waals surface area contributed by atoms with Crippen LogP contribution in [0.5, 0.6) is 0 Å². The van der Waals surface area contributed by atoms with E-state index in [9.17, 15) is 17.6 Å². The number of aryl methyl sites for hydroxylation is 1. The summed E-state index contributed by atoms with van der Waals surface area (Å²) in [6, 6.07) is 3.66. The lowest BCUT2D eigenvalue weighted by Gasteiger charge is -2.12. The molecule has 0 aromatic heterocycles. The molecule has 110 valence electrons. The molecule has 1 fully saturated rings. The second-order valence-electron chi connectivity index (χ2n) is 5.11. The normalized spacial score (nSPS) is 19.6. The third-order valence-electron chi connectivity index (χ3n) is 3.42. The summed E-state index contributed by atoms with van der Waals surface area (Å²) in [7, 11) is -1.97. The fraction of sp³-hybridized carbons (Fsp3) is 0.462. The van der Waals surface area contributed by atoms with Gasteiger partial charge in [-0.15, -0.1) is 0 Å². The van der Waals surface area contributed by atoms with Gasteiger partial charge in [-0.05, 0) is 36.6 Å². The van der Waals surface area contributed by atoms with Crippen LogP contribution in [0.15, 0.2) is 23.1 Å². The molecule has 1 amide bonds. The first-order valence-corrected chi connectivity index (χ1v) is 7.77. The Balaban J connectivity index is 2.04. The van der Waals surface area contributed by atoms with Crippen molar-refractivity contribution < 1.29 is 17.6 Å². The number of hydrogen-bond donors (Lipinski definition) is 1. The molecule has 1 atom stereocenters. The molecule has 0 saturated carbocycles. The molecule has 7 heteroatoms. The number of carbonyl (C=O) groups is 1. The van der Waals surface area contributed by atoms with Gasteiger partial charge in [0.2, 0.25) is 15.9 Å². The van der Waals surface area contributed by atoms with E-state index in [-0.39, 0.29) is 28.8 Å². The number of nitrogens with one attached hydrogen (secondary N) is 1. The zero-order chi connectivity index (χ0) is 14.9. The van der Waals surface area contributed by atoms with Crippen molar-refractivity contribution in [2.45, 2.75) is 18.2 Å². The topological polar surface area (TPSA) is 66.5 Å². The van der Waals surface area contributed by atoms with Crippen molar-refractivity contribution in [2.24, 2.45) is 5.92 Å². The monoisotopic (exact) mass is 300 g/mol. The van der Waals surface area contributed by atoms with Crippen molar-refractivity contribution in [2.75, 3.05) is 20.1 Å². The number of carbonyl (C=O) groups excluding carboxylic acids is 1. The third kappa shape index (κ3) is 3.16. The van der Waals surface area contributed by atoms with Crippen LogP contribution in [0.2, 0.25) is 0 Å². The maximum absolute atomic E-state index is 13.1. The Morgan fingerprint density at radius 3 is 2.70 bits per heavy atom. The van der Waals surface area contributed by atoms with Gasteiger partial charge in [0.25, 0.3) is 0 Å². The van der Waals surface area contributed by atoms with Crippen molar-refractivity contribution >= 4 is 15.9 Å². The summed E-state index contributed by atoms with van der Waals surface area (Å²) in [5.41, 5.74) is 0.281. The molecule has 1 aliphatic rings. The Bertz CT molecular complexity index is 631. The first-order valence-electron chi connectivity index (χ1n) is 6.29. The summed E-state index contributed by atoms with van der Waals surface area (Å²) in [5, 5.41) is 0. The van der Waals surface area contributed by atoms with Gasteiger partial charge in [0.15, 0.2) is 0 Å². The van der Waals surface area contributed by atoms with Crippen LogP contribution in [0.3, 0.4) is 0 Å². The molecule has 5 nitrogen and oxygen atoms in total. The molecule has 0 bridgehead atoms. The Kier molecular flexibility index (Phi) is 4.10. The van der Waals surface area contributed by atoms with E-state index in [0.29, 0.717) is 13.0 Å². The summed E-state index contributed by atoms with van der Waals surface area (Å²) in [4.78, 5) is 13.0. The minimum atomic E-state index is -3.67. The van der Waals surface area contributed by atoms with Gasteiger partial charge in [0.05, 0.1) is 4.90 Å². The van der Waals surface area contributed by atoms with Crippen LogP contribution in [0.25, 0.3) is 0 Å². The molecule has 1 aliphatic heterocycles. The van der Waals surface area contributed by atoms with E-state index in [1.165, 1.54) is 19.1 Å². The van der Waals surface area contributed by atoms with E-state index in [4.69, 9.17) is 0 Å². The minimum absolute atomic E-state index is 0.0202. The molecule has 1 N–H and O–H groups in total. The van der Waals surface area contributed by atoms with Gasteiger partial charge in [0.1, 0.15) is 5.82 Å². The lowest BCUT2D eigenvalue weighted by molar-refractivity contribution is -0.126. The Labute approximate surface area is 117 Å². The van der Waals surface area contributed by atoms with Crippen molar-refractivity contribution in [1.82, 2.24) is 9.62 Å². The summed E-state index contributed by atoms with van der Waals surface area (Å²) in [6.07, 6.45) is 0.349. The summed E-state index contributed by atoms with van der Waals surface area (Å²) in [6.45, 7) is 2.26. The Hall–Kier alpha value is -1.47. The number of hydrogen-bond acceptors (Lipinski definition) is 3. The molecule has 0 radical (unpaired) electrons. The summed E-state index contributed by atoms with van der Waals surface area (Å²) < 4.78 is 39.8. The first kappa shape index (κ1) is 14.9. The van der Waals surface area contributed by atoms with Crippen LogP contribution in [0.4, 0.5) is 4.39 Å². The molecule has 0 spiro atoms. The van der Waals surface area contributed by atoms with Crippen LogP contribution in [0.1, 0.15) is 12.0 Å². The molecule has 1 heterocycles. The Morgan fingerprint density at radius 2 is 2.15 bits per heavy atom. The van der Waals surface area contributed by atoms with E-state index in [2.05, 4.69) is 4.72 Å². The predicted molar refractivity (Wildman–Crippen MR) is 72.1 cm³/mol. The predicted octanol–water partition coefficient (Wildman–Crippen LogP) is 0.891. The van der Waals surface area contributed by atoms with Crippen LogP contribution >= 0.6 is 0 Å². The number of rotatable bonds is 4. The summed E-state index contributed by atoms with van der Waals surface area (Å²) in [5.74, 6) is -0.442. The second-order valence-corrected chi connectivity index (χ2v) is 6.87. The molecule has 1 saturated heterocycles. The van der Waals surface area contributed by atoms with E-state index < -0.39 is 15.8 Å². The number of halogens is 1. The van der Waals surface area contributed by atoms with Gasteiger partial charge >= 0.3 is 0 Å². The molecule has 2 rings (SSSR count). The highest BCUT2D eigenvalue weighted by Gasteiger charge is 2.28.